The molecular formula is C30H29FN4O3S. The number of thiocarbonyl (C=S) groups is 1. The highest BCUT2D eigenvalue weighted by atomic mass is 32.1. The number of anilines is 2. The molecule has 7 nitrogen and oxygen atoms in total. The number of pyridine rings is 1. The number of amides is 1. The standard InChI is InChI=1S/C30H29FN4O3S/c1-21-17-24(19-33-27(21)32-2)34-28(36)30(13-8-14-30)35(29(34)39)23-11-12-26(25(31)18-23)38-16-7-6-15-37-20-22-9-4-3-5-10-22/h3-5,9-12,17-19H,6-8,13-16,20H2,1H3. The molecule has 1 saturated heterocycles. The minimum Gasteiger partial charge on any atom is -0.491 e. The molecule has 2 aromatic carbocycles. The van der Waals surface area contributed by atoms with Crippen LogP contribution < -0.4 is 14.5 Å². The molecule has 9 heteroatoms. The largest absolute Gasteiger partial charge is 0.491 e. The molecule has 2 aliphatic rings. The first kappa shape index (κ1) is 26.7. The Morgan fingerprint density at radius 1 is 1.10 bits per heavy atom. The highest BCUT2D eigenvalue weighted by Crippen LogP contribution is 2.48. The predicted molar refractivity (Wildman–Crippen MR) is 152 cm³/mol. The third-order valence-electron chi connectivity index (χ3n) is 7.22. The van der Waals surface area contributed by atoms with Gasteiger partial charge in [-0.2, -0.15) is 0 Å². The normalized spacial score (nSPS) is 15.9. The number of halogens is 1. The fraction of sp³-hybridized carbons (Fsp3) is 0.333. The van der Waals surface area contributed by atoms with Gasteiger partial charge in [-0.25, -0.2) is 4.39 Å². The van der Waals surface area contributed by atoms with Gasteiger partial charge in [-0.15, -0.1) is 4.98 Å². The van der Waals surface area contributed by atoms with Gasteiger partial charge in [-0.05, 0) is 80.6 Å². The molecule has 3 aromatic rings. The molecule has 1 aliphatic carbocycles. The lowest BCUT2D eigenvalue weighted by Gasteiger charge is -2.43. The highest BCUT2D eigenvalue weighted by Gasteiger charge is 2.59. The van der Waals surface area contributed by atoms with E-state index in [1.807, 2.05) is 30.3 Å². The first-order chi connectivity index (χ1) is 18.9. The second-order valence-electron chi connectivity index (χ2n) is 9.80. The Labute approximate surface area is 233 Å². The Bertz CT molecular complexity index is 1420. The number of aromatic nitrogens is 1. The molecule has 0 bridgehead atoms. The van der Waals surface area contributed by atoms with Crippen molar-refractivity contribution in [2.45, 2.75) is 51.2 Å². The van der Waals surface area contributed by atoms with Gasteiger partial charge in [0, 0.05) is 18.4 Å². The first-order valence-electron chi connectivity index (χ1n) is 13.0. The number of nitrogens with zero attached hydrogens (tertiary/aromatic N) is 4. The van der Waals surface area contributed by atoms with Gasteiger partial charge in [0.2, 0.25) is 0 Å². The summed E-state index contributed by atoms with van der Waals surface area (Å²) in [6, 6.07) is 16.5. The summed E-state index contributed by atoms with van der Waals surface area (Å²) in [5, 5.41) is 0.278. The third kappa shape index (κ3) is 5.22. The summed E-state index contributed by atoms with van der Waals surface area (Å²) in [5.74, 6) is -0.209. The molecule has 1 aliphatic heterocycles. The molecular weight excluding hydrogens is 515 g/mol. The van der Waals surface area contributed by atoms with Gasteiger partial charge in [-0.3, -0.25) is 9.69 Å². The number of unbranched alkanes of at least 4 members (excludes halogenated alkanes) is 1. The Morgan fingerprint density at radius 2 is 1.87 bits per heavy atom. The average Bonchev–Trinajstić information content (AvgIpc) is 3.16. The minimum atomic E-state index is -0.835. The number of carbonyl (C=O) groups excluding carboxylic acids is 1. The number of aryl methyl sites for hydroxylation is 1. The van der Waals surface area contributed by atoms with E-state index in [0.717, 1.165) is 24.8 Å². The quantitative estimate of drug-likeness (QED) is 0.165. The topological polar surface area (TPSA) is 59.3 Å². The lowest BCUT2D eigenvalue weighted by Crippen LogP contribution is -2.55. The predicted octanol–water partition coefficient (Wildman–Crippen LogP) is 6.52. The van der Waals surface area contributed by atoms with Crippen molar-refractivity contribution in [3.63, 3.8) is 0 Å². The van der Waals surface area contributed by atoms with Crippen LogP contribution in [0.4, 0.5) is 21.6 Å². The van der Waals surface area contributed by atoms with E-state index < -0.39 is 11.4 Å². The van der Waals surface area contributed by atoms with Crippen LogP contribution in [-0.2, 0) is 16.1 Å². The van der Waals surface area contributed by atoms with Crippen molar-refractivity contribution >= 4 is 40.4 Å². The molecule has 0 N–H and O–H groups in total. The van der Waals surface area contributed by atoms with Crippen molar-refractivity contribution in [3.05, 3.63) is 89.2 Å². The molecule has 2 heterocycles. The second-order valence-corrected chi connectivity index (χ2v) is 10.2. The molecule has 1 spiro atoms. The maximum Gasteiger partial charge on any atom is 0.272 e. The van der Waals surface area contributed by atoms with Gasteiger partial charge in [0.05, 0.1) is 18.9 Å². The van der Waals surface area contributed by atoms with Crippen LogP contribution in [0.25, 0.3) is 4.85 Å². The van der Waals surface area contributed by atoms with Crippen molar-refractivity contribution in [3.8, 4) is 5.75 Å². The molecule has 5 rings (SSSR count). The van der Waals surface area contributed by atoms with Crippen LogP contribution in [0, 0.1) is 19.3 Å². The molecule has 1 aromatic heterocycles. The fourth-order valence-electron chi connectivity index (χ4n) is 5.00. The van der Waals surface area contributed by atoms with Gasteiger partial charge in [-0.1, -0.05) is 36.9 Å². The van der Waals surface area contributed by atoms with E-state index in [2.05, 4.69) is 9.83 Å². The van der Waals surface area contributed by atoms with E-state index in [4.69, 9.17) is 28.3 Å². The number of ether oxygens (including phenoxy) is 2. The summed E-state index contributed by atoms with van der Waals surface area (Å²) in [4.78, 5) is 24.4. The molecule has 1 saturated carbocycles. The maximum absolute atomic E-state index is 15.1. The van der Waals surface area contributed by atoms with E-state index in [1.54, 1.807) is 30.0 Å². The molecule has 1 amide bonds. The van der Waals surface area contributed by atoms with Crippen LogP contribution in [-0.4, -0.2) is 34.8 Å². The SMILES string of the molecule is [C-]#[N+]c1ncc(N2C(=O)C3(CCC3)N(c3ccc(OCCCCOCc4ccccc4)c(F)c3)C2=S)cc1C. The monoisotopic (exact) mass is 544 g/mol. The molecule has 2 fully saturated rings. The van der Waals surface area contributed by atoms with Gasteiger partial charge in [0.1, 0.15) is 11.7 Å². The summed E-state index contributed by atoms with van der Waals surface area (Å²) >= 11 is 5.76. The smallest absolute Gasteiger partial charge is 0.272 e. The van der Waals surface area contributed by atoms with Crippen molar-refractivity contribution < 1.29 is 18.7 Å². The van der Waals surface area contributed by atoms with E-state index in [0.29, 0.717) is 49.6 Å². The van der Waals surface area contributed by atoms with Crippen LogP contribution in [0.3, 0.4) is 0 Å². The minimum absolute atomic E-state index is 0.147. The Balaban J connectivity index is 1.22. The van der Waals surface area contributed by atoms with Gasteiger partial charge in [0.25, 0.3) is 11.7 Å². The van der Waals surface area contributed by atoms with Crippen LogP contribution >= 0.6 is 12.2 Å². The van der Waals surface area contributed by atoms with E-state index >= 15 is 4.39 Å². The number of rotatable bonds is 10. The van der Waals surface area contributed by atoms with Crippen molar-refractivity contribution in [2.75, 3.05) is 23.0 Å². The third-order valence-corrected chi connectivity index (χ3v) is 7.58. The van der Waals surface area contributed by atoms with Crippen molar-refractivity contribution in [2.24, 2.45) is 0 Å². The van der Waals surface area contributed by atoms with Crippen LogP contribution in [0.5, 0.6) is 5.75 Å². The number of carbonyl (C=O) groups is 1. The van der Waals surface area contributed by atoms with Gasteiger partial charge < -0.3 is 19.2 Å². The van der Waals surface area contributed by atoms with E-state index in [-0.39, 0.29) is 22.6 Å². The Hall–Kier alpha value is -3.87. The Morgan fingerprint density at radius 3 is 2.54 bits per heavy atom. The number of hydrogen-bond donors (Lipinski definition) is 0. The number of benzene rings is 2. The summed E-state index contributed by atoms with van der Waals surface area (Å²) < 4.78 is 26.5. The second kappa shape index (κ2) is 11.5. The lowest BCUT2D eigenvalue weighted by molar-refractivity contribution is -0.123. The molecule has 0 radical (unpaired) electrons. The summed E-state index contributed by atoms with van der Waals surface area (Å²) in [7, 11) is 0. The Kier molecular flexibility index (Phi) is 7.87. The molecule has 39 heavy (non-hydrogen) atoms. The van der Waals surface area contributed by atoms with Crippen LogP contribution in [0.2, 0.25) is 0 Å². The van der Waals surface area contributed by atoms with Gasteiger partial charge in [0.15, 0.2) is 16.7 Å². The molecule has 0 unspecified atom stereocenters. The van der Waals surface area contributed by atoms with Crippen LogP contribution in [0.15, 0.2) is 60.8 Å². The summed E-state index contributed by atoms with van der Waals surface area (Å²) in [6.45, 7) is 10.6. The lowest BCUT2D eigenvalue weighted by atomic mass is 9.75. The van der Waals surface area contributed by atoms with Crippen LogP contribution in [0.1, 0.15) is 43.2 Å². The van der Waals surface area contributed by atoms with Gasteiger partial charge >= 0.3 is 0 Å². The summed E-state index contributed by atoms with van der Waals surface area (Å²) in [6.07, 6.45) is 5.16. The van der Waals surface area contributed by atoms with E-state index in [9.17, 15) is 4.79 Å². The highest BCUT2D eigenvalue weighted by molar-refractivity contribution is 7.81. The first-order valence-corrected chi connectivity index (χ1v) is 13.4. The fourth-order valence-corrected chi connectivity index (χ4v) is 5.47. The zero-order chi connectivity index (χ0) is 27.4. The maximum atomic E-state index is 15.1. The van der Waals surface area contributed by atoms with Crippen molar-refractivity contribution in [1.82, 2.24) is 4.98 Å². The van der Waals surface area contributed by atoms with Crippen molar-refractivity contribution in [1.29, 1.82) is 0 Å². The average molecular weight is 545 g/mol. The van der Waals surface area contributed by atoms with E-state index in [1.165, 1.54) is 17.2 Å². The molecule has 200 valence electrons. The number of hydrogen-bond acceptors (Lipinski definition) is 5. The molecule has 0 atom stereocenters. The zero-order valence-corrected chi connectivity index (χ0v) is 22.5. The zero-order valence-electron chi connectivity index (χ0n) is 21.7. The summed E-state index contributed by atoms with van der Waals surface area (Å²) in [5.41, 5.74) is 1.98.